The summed E-state index contributed by atoms with van der Waals surface area (Å²) in [5, 5.41) is 6.34. The number of nitrogens with one attached hydrogen (secondary N) is 2. The molecule has 1 aromatic carbocycles. The van der Waals surface area contributed by atoms with Crippen molar-refractivity contribution in [3.63, 3.8) is 0 Å². The van der Waals surface area contributed by atoms with E-state index in [0.717, 1.165) is 75.9 Å². The monoisotopic (exact) mass is 400 g/mol. The molecule has 0 radical (unpaired) electrons. The van der Waals surface area contributed by atoms with Crippen molar-refractivity contribution in [2.24, 2.45) is 4.99 Å². The Balaban J connectivity index is 1.60. The first-order chi connectivity index (χ1) is 14.1. The highest BCUT2D eigenvalue weighted by atomic mass is 16.2. The Bertz CT molecular complexity index is 736. The molecule has 2 N–H and O–H groups in total. The molecule has 0 aliphatic carbocycles. The summed E-state index contributed by atoms with van der Waals surface area (Å²) in [5.41, 5.74) is 1.84. The molecule has 0 bridgehead atoms. The number of piperazine rings is 1. The van der Waals surface area contributed by atoms with Crippen LogP contribution in [0, 0.1) is 0 Å². The van der Waals surface area contributed by atoms with Gasteiger partial charge >= 0.3 is 6.03 Å². The number of benzene rings is 1. The number of rotatable bonds is 4. The second-order valence-electron chi connectivity index (χ2n) is 7.49. The van der Waals surface area contributed by atoms with Crippen LogP contribution in [-0.2, 0) is 11.3 Å². The van der Waals surface area contributed by atoms with Gasteiger partial charge in [0.05, 0.1) is 6.54 Å². The molecule has 2 fully saturated rings. The van der Waals surface area contributed by atoms with Crippen LogP contribution >= 0.6 is 0 Å². The van der Waals surface area contributed by atoms with Crippen molar-refractivity contribution < 1.29 is 9.59 Å². The summed E-state index contributed by atoms with van der Waals surface area (Å²) in [6.45, 7) is 9.64. The number of amides is 3. The van der Waals surface area contributed by atoms with Gasteiger partial charge in [0.25, 0.3) is 0 Å². The second-order valence-corrected chi connectivity index (χ2v) is 7.49. The third kappa shape index (κ3) is 5.85. The number of carbonyl (C=O) groups excluding carboxylic acids is 2. The number of anilines is 1. The Morgan fingerprint density at radius 2 is 1.69 bits per heavy atom. The van der Waals surface area contributed by atoms with Crippen molar-refractivity contribution in [2.75, 3.05) is 51.1 Å². The molecular formula is C21H32N6O2. The lowest BCUT2D eigenvalue weighted by molar-refractivity contribution is -0.130. The van der Waals surface area contributed by atoms with Crippen molar-refractivity contribution in [2.45, 2.75) is 33.2 Å². The van der Waals surface area contributed by atoms with Crippen LogP contribution < -0.4 is 10.6 Å². The molecule has 8 nitrogen and oxygen atoms in total. The van der Waals surface area contributed by atoms with Gasteiger partial charge in [-0.15, -0.1) is 0 Å². The molecule has 0 saturated carbocycles. The van der Waals surface area contributed by atoms with Crippen molar-refractivity contribution in [3.8, 4) is 0 Å². The zero-order valence-corrected chi connectivity index (χ0v) is 17.5. The van der Waals surface area contributed by atoms with Gasteiger partial charge in [0.2, 0.25) is 5.91 Å². The van der Waals surface area contributed by atoms with E-state index in [0.29, 0.717) is 6.54 Å². The van der Waals surface area contributed by atoms with E-state index >= 15 is 0 Å². The number of carbonyl (C=O) groups is 2. The number of likely N-dealkylation sites (tertiary alicyclic amines) is 1. The van der Waals surface area contributed by atoms with Gasteiger partial charge in [0, 0.05) is 58.4 Å². The molecule has 3 rings (SSSR count). The summed E-state index contributed by atoms with van der Waals surface area (Å²) in [5.74, 6) is 0.988. The second kappa shape index (κ2) is 10.1. The first-order valence-electron chi connectivity index (χ1n) is 10.5. The summed E-state index contributed by atoms with van der Waals surface area (Å²) in [4.78, 5) is 34.5. The number of aliphatic imine (C=N–C) groups is 1. The molecule has 3 amide bonds. The van der Waals surface area contributed by atoms with E-state index in [4.69, 9.17) is 4.99 Å². The Labute approximate surface area is 172 Å². The standard InChI is InChI=1S/C21H32N6O2/c1-3-22-20(26-13-11-25(12-14-26)17(2)28)23-16-18-7-6-8-19(15-18)24-21(29)27-9-4-5-10-27/h6-8,15H,3-5,9-14,16H2,1-2H3,(H,22,23)(H,24,29). The first kappa shape index (κ1) is 21.0. The third-order valence-electron chi connectivity index (χ3n) is 5.34. The van der Waals surface area contributed by atoms with E-state index < -0.39 is 0 Å². The number of hydrogen-bond donors (Lipinski definition) is 2. The number of urea groups is 1. The minimum atomic E-state index is -0.0279. The fraction of sp³-hybridized carbons (Fsp3) is 0.571. The van der Waals surface area contributed by atoms with Gasteiger partial charge in [-0.25, -0.2) is 9.79 Å². The summed E-state index contributed by atoms with van der Waals surface area (Å²) in [7, 11) is 0. The van der Waals surface area contributed by atoms with Crippen LogP contribution in [0.1, 0.15) is 32.3 Å². The van der Waals surface area contributed by atoms with Gasteiger partial charge in [-0.3, -0.25) is 4.79 Å². The molecule has 0 atom stereocenters. The molecule has 0 aromatic heterocycles. The quantitative estimate of drug-likeness (QED) is 0.598. The predicted octanol–water partition coefficient (Wildman–Crippen LogP) is 1.94. The molecule has 8 heteroatoms. The molecule has 0 unspecified atom stereocenters. The average molecular weight is 401 g/mol. The topological polar surface area (TPSA) is 80.3 Å². The SMILES string of the molecule is CCNC(=NCc1cccc(NC(=O)N2CCCC2)c1)N1CCN(C(C)=O)CC1. The minimum Gasteiger partial charge on any atom is -0.357 e. The largest absolute Gasteiger partial charge is 0.357 e. The van der Waals surface area contributed by atoms with E-state index in [-0.39, 0.29) is 11.9 Å². The van der Waals surface area contributed by atoms with Gasteiger partial charge in [-0.05, 0) is 37.5 Å². The summed E-state index contributed by atoms with van der Waals surface area (Å²) < 4.78 is 0. The molecule has 2 aliphatic rings. The normalized spacial score (nSPS) is 17.4. The lowest BCUT2D eigenvalue weighted by Crippen LogP contribution is -2.53. The summed E-state index contributed by atoms with van der Waals surface area (Å²) >= 11 is 0. The summed E-state index contributed by atoms with van der Waals surface area (Å²) in [6, 6.07) is 7.83. The van der Waals surface area contributed by atoms with Gasteiger partial charge in [0.15, 0.2) is 5.96 Å². The highest BCUT2D eigenvalue weighted by Gasteiger charge is 2.21. The molecule has 2 saturated heterocycles. The van der Waals surface area contributed by atoms with Gasteiger partial charge in [0.1, 0.15) is 0 Å². The Morgan fingerprint density at radius 3 is 2.34 bits per heavy atom. The predicted molar refractivity (Wildman–Crippen MR) is 115 cm³/mol. The highest BCUT2D eigenvalue weighted by Crippen LogP contribution is 2.15. The van der Waals surface area contributed by atoms with Crippen molar-refractivity contribution in [1.82, 2.24) is 20.0 Å². The van der Waals surface area contributed by atoms with E-state index in [9.17, 15) is 9.59 Å². The van der Waals surface area contributed by atoms with Crippen LogP contribution in [0.25, 0.3) is 0 Å². The van der Waals surface area contributed by atoms with Gasteiger partial charge in [-0.2, -0.15) is 0 Å². The molecule has 29 heavy (non-hydrogen) atoms. The van der Waals surface area contributed by atoms with Crippen LogP contribution in [0.3, 0.4) is 0 Å². The maximum atomic E-state index is 12.3. The van der Waals surface area contributed by atoms with E-state index in [1.165, 1.54) is 0 Å². The lowest BCUT2D eigenvalue weighted by atomic mass is 10.2. The number of guanidine groups is 1. The van der Waals surface area contributed by atoms with E-state index in [1.54, 1.807) is 6.92 Å². The molecule has 2 aliphatic heterocycles. The van der Waals surface area contributed by atoms with Crippen molar-refractivity contribution in [3.05, 3.63) is 29.8 Å². The van der Waals surface area contributed by atoms with Crippen molar-refractivity contribution in [1.29, 1.82) is 0 Å². The number of hydrogen-bond acceptors (Lipinski definition) is 3. The Morgan fingerprint density at radius 1 is 1.00 bits per heavy atom. The molecule has 158 valence electrons. The van der Waals surface area contributed by atoms with Crippen LogP contribution in [0.2, 0.25) is 0 Å². The fourth-order valence-corrected chi connectivity index (χ4v) is 3.70. The first-order valence-corrected chi connectivity index (χ1v) is 10.5. The Kier molecular flexibility index (Phi) is 7.32. The highest BCUT2D eigenvalue weighted by molar-refractivity contribution is 5.89. The minimum absolute atomic E-state index is 0.0279. The van der Waals surface area contributed by atoms with E-state index in [2.05, 4.69) is 22.5 Å². The number of nitrogens with zero attached hydrogens (tertiary/aromatic N) is 4. The zero-order valence-electron chi connectivity index (χ0n) is 17.5. The van der Waals surface area contributed by atoms with Crippen LogP contribution in [-0.4, -0.2) is 78.4 Å². The van der Waals surface area contributed by atoms with Gasteiger partial charge < -0.3 is 25.3 Å². The van der Waals surface area contributed by atoms with Gasteiger partial charge in [-0.1, -0.05) is 12.1 Å². The molecular weight excluding hydrogens is 368 g/mol. The third-order valence-corrected chi connectivity index (χ3v) is 5.34. The molecule has 2 heterocycles. The maximum absolute atomic E-state index is 12.3. The zero-order chi connectivity index (χ0) is 20.6. The summed E-state index contributed by atoms with van der Waals surface area (Å²) in [6.07, 6.45) is 2.16. The fourth-order valence-electron chi connectivity index (χ4n) is 3.70. The van der Waals surface area contributed by atoms with E-state index in [1.807, 2.05) is 34.1 Å². The smallest absolute Gasteiger partial charge is 0.321 e. The molecule has 1 aromatic rings. The molecule has 0 spiro atoms. The lowest BCUT2D eigenvalue weighted by Gasteiger charge is -2.36. The van der Waals surface area contributed by atoms with Crippen LogP contribution in [0.4, 0.5) is 10.5 Å². The average Bonchev–Trinajstić information content (AvgIpc) is 3.26. The van der Waals surface area contributed by atoms with Crippen LogP contribution in [0.5, 0.6) is 0 Å². The van der Waals surface area contributed by atoms with Crippen molar-refractivity contribution >= 4 is 23.6 Å². The van der Waals surface area contributed by atoms with Crippen LogP contribution in [0.15, 0.2) is 29.3 Å². The maximum Gasteiger partial charge on any atom is 0.321 e. The Hall–Kier alpha value is -2.77.